The Hall–Kier alpha value is -2.78. The lowest BCUT2D eigenvalue weighted by Gasteiger charge is -2.31. The minimum atomic E-state index is -4.16. The number of esters is 1. The van der Waals surface area contributed by atoms with Crippen molar-refractivity contribution in [2.45, 2.75) is 51.6 Å². The molecule has 2 aromatic carbocycles. The number of ether oxygens (including phenoxy) is 1. The SMILES string of the molecule is CCOC(=O)[C@@H](CC(C)C)N(Cc1ccccc1C)S(=O)(=O)c1ccc([N+](=O)[O-])cc1. The van der Waals surface area contributed by atoms with Gasteiger partial charge in [-0.1, -0.05) is 38.1 Å². The monoisotopic (exact) mass is 448 g/mol. The van der Waals surface area contributed by atoms with Gasteiger partial charge >= 0.3 is 5.97 Å². The van der Waals surface area contributed by atoms with Gasteiger partial charge in [-0.05, 0) is 49.4 Å². The van der Waals surface area contributed by atoms with Crippen LogP contribution in [0.15, 0.2) is 53.4 Å². The van der Waals surface area contributed by atoms with E-state index >= 15 is 0 Å². The van der Waals surface area contributed by atoms with Crippen molar-refractivity contribution in [2.75, 3.05) is 6.61 Å². The molecule has 9 heteroatoms. The maximum absolute atomic E-state index is 13.6. The maximum Gasteiger partial charge on any atom is 0.324 e. The van der Waals surface area contributed by atoms with Crippen molar-refractivity contribution in [3.63, 3.8) is 0 Å². The van der Waals surface area contributed by atoms with Crippen LogP contribution in [0.5, 0.6) is 0 Å². The summed E-state index contributed by atoms with van der Waals surface area (Å²) in [4.78, 5) is 23.0. The van der Waals surface area contributed by atoms with E-state index < -0.39 is 27.0 Å². The molecule has 0 radical (unpaired) electrons. The Morgan fingerprint density at radius 3 is 2.26 bits per heavy atom. The molecule has 2 rings (SSSR count). The fourth-order valence-corrected chi connectivity index (χ4v) is 4.78. The first-order valence-corrected chi connectivity index (χ1v) is 11.5. The van der Waals surface area contributed by atoms with Crippen molar-refractivity contribution in [3.8, 4) is 0 Å². The van der Waals surface area contributed by atoms with Gasteiger partial charge in [-0.3, -0.25) is 14.9 Å². The first-order valence-electron chi connectivity index (χ1n) is 10.0. The highest BCUT2D eigenvalue weighted by Gasteiger charge is 2.37. The number of sulfonamides is 1. The van der Waals surface area contributed by atoms with Gasteiger partial charge in [-0.2, -0.15) is 4.31 Å². The molecule has 0 aliphatic carbocycles. The Kier molecular flexibility index (Phi) is 8.29. The van der Waals surface area contributed by atoms with Gasteiger partial charge in [-0.15, -0.1) is 0 Å². The van der Waals surface area contributed by atoms with Crippen molar-refractivity contribution < 1.29 is 22.9 Å². The number of aryl methyl sites for hydroxylation is 1. The van der Waals surface area contributed by atoms with Crippen LogP contribution < -0.4 is 0 Å². The van der Waals surface area contributed by atoms with E-state index in [4.69, 9.17) is 4.74 Å². The summed E-state index contributed by atoms with van der Waals surface area (Å²) in [5.74, 6) is -0.587. The van der Waals surface area contributed by atoms with Crippen LogP contribution in [0.4, 0.5) is 5.69 Å². The molecule has 0 aromatic heterocycles. The molecule has 0 aliphatic rings. The fourth-order valence-electron chi connectivity index (χ4n) is 3.21. The van der Waals surface area contributed by atoms with Crippen molar-refractivity contribution in [3.05, 3.63) is 69.8 Å². The molecule has 2 aromatic rings. The standard InChI is InChI=1S/C22H28N2O6S/c1-5-30-22(25)21(14-16(2)3)23(15-18-9-7-6-8-17(18)4)31(28,29)20-12-10-19(11-13-20)24(26)27/h6-13,16,21H,5,14-15H2,1-4H3/t21-/m1/s1. The normalized spacial score (nSPS) is 12.7. The number of nitro groups is 1. The molecule has 0 spiro atoms. The summed E-state index contributed by atoms with van der Waals surface area (Å²) in [5.41, 5.74) is 1.43. The molecule has 8 nitrogen and oxygen atoms in total. The second-order valence-corrected chi connectivity index (χ2v) is 9.52. The largest absolute Gasteiger partial charge is 0.465 e. The molecule has 1 atom stereocenters. The van der Waals surface area contributed by atoms with Gasteiger partial charge in [0, 0.05) is 18.7 Å². The second kappa shape index (κ2) is 10.5. The average Bonchev–Trinajstić information content (AvgIpc) is 2.71. The summed E-state index contributed by atoms with van der Waals surface area (Å²) in [7, 11) is -4.16. The number of nitro benzene ring substituents is 1. The van der Waals surface area contributed by atoms with Gasteiger partial charge < -0.3 is 4.74 Å². The average molecular weight is 449 g/mol. The number of hydrogen-bond acceptors (Lipinski definition) is 6. The summed E-state index contributed by atoms with van der Waals surface area (Å²) < 4.78 is 33.6. The maximum atomic E-state index is 13.6. The van der Waals surface area contributed by atoms with E-state index in [1.54, 1.807) is 13.0 Å². The topological polar surface area (TPSA) is 107 Å². The van der Waals surface area contributed by atoms with E-state index in [0.29, 0.717) is 0 Å². The minimum Gasteiger partial charge on any atom is -0.465 e. The molecule has 0 heterocycles. The first kappa shape index (κ1) is 24.5. The number of carbonyl (C=O) groups is 1. The van der Waals surface area contributed by atoms with Crippen LogP contribution in [0, 0.1) is 23.0 Å². The smallest absolute Gasteiger partial charge is 0.324 e. The molecular weight excluding hydrogens is 420 g/mol. The first-order chi connectivity index (χ1) is 14.6. The minimum absolute atomic E-state index is 0.0256. The van der Waals surface area contributed by atoms with E-state index in [-0.39, 0.29) is 36.1 Å². The summed E-state index contributed by atoms with van der Waals surface area (Å²) in [6, 6.07) is 11.0. The molecule has 31 heavy (non-hydrogen) atoms. The predicted molar refractivity (Wildman–Crippen MR) is 117 cm³/mol. The van der Waals surface area contributed by atoms with Gasteiger partial charge in [0.15, 0.2) is 0 Å². The molecule has 168 valence electrons. The van der Waals surface area contributed by atoms with Crippen molar-refractivity contribution >= 4 is 21.7 Å². The lowest BCUT2D eigenvalue weighted by atomic mass is 10.0. The van der Waals surface area contributed by atoms with E-state index in [1.165, 1.54) is 12.1 Å². The fraction of sp³-hybridized carbons (Fsp3) is 0.409. The lowest BCUT2D eigenvalue weighted by molar-refractivity contribution is -0.384. The van der Waals surface area contributed by atoms with Crippen LogP contribution >= 0.6 is 0 Å². The molecule has 0 saturated carbocycles. The van der Waals surface area contributed by atoms with Crippen molar-refractivity contribution in [1.29, 1.82) is 0 Å². The molecule has 0 unspecified atom stereocenters. The third kappa shape index (κ3) is 6.11. The number of rotatable bonds is 10. The van der Waals surface area contributed by atoms with Gasteiger partial charge in [0.2, 0.25) is 10.0 Å². The highest BCUT2D eigenvalue weighted by molar-refractivity contribution is 7.89. The van der Waals surface area contributed by atoms with Crippen molar-refractivity contribution in [1.82, 2.24) is 4.31 Å². The molecule has 0 saturated heterocycles. The number of carbonyl (C=O) groups excluding carboxylic acids is 1. The summed E-state index contributed by atoms with van der Waals surface area (Å²) in [5, 5.41) is 10.9. The molecule has 0 bridgehead atoms. The Labute approximate surface area is 183 Å². The van der Waals surface area contributed by atoms with Crippen LogP contribution in [0.1, 0.15) is 38.3 Å². The zero-order valence-corrected chi connectivity index (χ0v) is 19.0. The molecule has 0 aliphatic heterocycles. The zero-order chi connectivity index (χ0) is 23.2. The van der Waals surface area contributed by atoms with E-state index in [0.717, 1.165) is 27.6 Å². The lowest BCUT2D eigenvalue weighted by Crippen LogP contribution is -2.46. The molecular formula is C22H28N2O6S. The predicted octanol–water partition coefficient (Wildman–Crippen LogP) is 4.07. The highest BCUT2D eigenvalue weighted by atomic mass is 32.2. The third-order valence-electron chi connectivity index (χ3n) is 4.84. The van der Waals surface area contributed by atoms with Crippen LogP contribution in [0.2, 0.25) is 0 Å². The Morgan fingerprint density at radius 2 is 1.74 bits per heavy atom. The summed E-state index contributed by atoms with van der Waals surface area (Å²) >= 11 is 0. The van der Waals surface area contributed by atoms with Gasteiger partial charge in [0.1, 0.15) is 6.04 Å². The highest BCUT2D eigenvalue weighted by Crippen LogP contribution is 2.27. The molecule has 0 fully saturated rings. The van der Waals surface area contributed by atoms with Gasteiger partial charge in [-0.25, -0.2) is 8.42 Å². The summed E-state index contributed by atoms with van der Waals surface area (Å²) in [6.45, 7) is 7.44. The zero-order valence-electron chi connectivity index (χ0n) is 18.1. The Balaban J connectivity index is 2.59. The van der Waals surface area contributed by atoms with E-state index in [1.807, 2.05) is 39.0 Å². The number of hydrogen-bond donors (Lipinski definition) is 0. The molecule has 0 N–H and O–H groups in total. The van der Waals surface area contributed by atoms with E-state index in [2.05, 4.69) is 0 Å². The summed E-state index contributed by atoms with van der Waals surface area (Å²) in [6.07, 6.45) is 0.275. The van der Waals surface area contributed by atoms with Crippen LogP contribution in [0.25, 0.3) is 0 Å². The number of benzene rings is 2. The second-order valence-electron chi connectivity index (χ2n) is 7.63. The number of nitrogens with zero attached hydrogens (tertiary/aromatic N) is 2. The number of non-ortho nitro benzene ring substituents is 1. The van der Waals surface area contributed by atoms with Gasteiger partial charge in [0.25, 0.3) is 5.69 Å². The van der Waals surface area contributed by atoms with Crippen LogP contribution in [0.3, 0.4) is 0 Å². The van der Waals surface area contributed by atoms with E-state index in [9.17, 15) is 23.3 Å². The van der Waals surface area contributed by atoms with Gasteiger partial charge in [0.05, 0.1) is 16.4 Å². The van der Waals surface area contributed by atoms with Crippen LogP contribution in [-0.4, -0.2) is 36.3 Å². The Bertz CT molecular complexity index is 1020. The molecule has 0 amide bonds. The third-order valence-corrected chi connectivity index (χ3v) is 6.71. The van der Waals surface area contributed by atoms with Crippen LogP contribution in [-0.2, 0) is 26.1 Å². The quantitative estimate of drug-likeness (QED) is 0.308. The Morgan fingerprint density at radius 1 is 1.13 bits per heavy atom. The van der Waals surface area contributed by atoms with Crippen molar-refractivity contribution in [2.24, 2.45) is 5.92 Å².